The third kappa shape index (κ3) is 3.38. The number of hydrogen-bond acceptors (Lipinski definition) is 2. The van der Waals surface area contributed by atoms with Crippen LogP contribution >= 0.6 is 0 Å². The first kappa shape index (κ1) is 14.6. The summed E-state index contributed by atoms with van der Waals surface area (Å²) in [6.07, 6.45) is 3.09. The number of rotatable bonds is 5. The number of carboxylic acid groups (broad SMARTS) is 1. The van der Waals surface area contributed by atoms with E-state index >= 15 is 0 Å². The Kier molecular flexibility index (Phi) is 4.77. The first-order chi connectivity index (χ1) is 9.61. The minimum Gasteiger partial charge on any atom is -0.481 e. The van der Waals surface area contributed by atoms with E-state index in [-0.39, 0.29) is 18.2 Å². The molecule has 1 saturated heterocycles. The van der Waals surface area contributed by atoms with Crippen molar-refractivity contribution in [3.63, 3.8) is 0 Å². The van der Waals surface area contributed by atoms with Crippen LogP contribution in [-0.2, 0) is 4.79 Å². The molecule has 0 saturated carbocycles. The van der Waals surface area contributed by atoms with Crippen LogP contribution in [0.1, 0.15) is 54.4 Å². The summed E-state index contributed by atoms with van der Waals surface area (Å²) in [6.45, 7) is 3.67. The summed E-state index contributed by atoms with van der Waals surface area (Å²) in [7, 11) is 0. The highest BCUT2D eigenvalue weighted by Crippen LogP contribution is 2.24. The minimum absolute atomic E-state index is 0.0171. The van der Waals surface area contributed by atoms with Crippen LogP contribution in [0.3, 0.4) is 0 Å². The van der Waals surface area contributed by atoms with E-state index in [0.29, 0.717) is 5.56 Å². The molecule has 1 heterocycles. The van der Waals surface area contributed by atoms with Gasteiger partial charge in [0.1, 0.15) is 0 Å². The van der Waals surface area contributed by atoms with Crippen molar-refractivity contribution in [2.45, 2.75) is 38.5 Å². The van der Waals surface area contributed by atoms with Gasteiger partial charge >= 0.3 is 5.97 Å². The molecule has 0 radical (unpaired) electrons. The highest BCUT2D eigenvalue weighted by atomic mass is 16.4. The van der Waals surface area contributed by atoms with E-state index in [4.69, 9.17) is 5.11 Å². The van der Waals surface area contributed by atoms with Gasteiger partial charge in [-0.3, -0.25) is 9.59 Å². The Balaban J connectivity index is 2.08. The molecule has 4 nitrogen and oxygen atoms in total. The van der Waals surface area contributed by atoms with E-state index in [1.807, 2.05) is 36.1 Å². The second-order valence-corrected chi connectivity index (χ2v) is 5.32. The Morgan fingerprint density at radius 1 is 1.20 bits per heavy atom. The fourth-order valence-corrected chi connectivity index (χ4v) is 2.71. The zero-order valence-electron chi connectivity index (χ0n) is 11.8. The smallest absolute Gasteiger partial charge is 0.303 e. The molecule has 108 valence electrons. The number of likely N-dealkylation sites (tertiary alicyclic amines) is 1. The molecule has 1 aliphatic rings. The molecule has 1 atom stereocenters. The molecule has 1 N–H and O–H groups in total. The van der Waals surface area contributed by atoms with Crippen molar-refractivity contribution in [3.8, 4) is 0 Å². The van der Waals surface area contributed by atoms with Gasteiger partial charge in [0.2, 0.25) is 0 Å². The number of carbonyl (C=O) groups excluding carboxylic acids is 1. The topological polar surface area (TPSA) is 57.6 Å². The van der Waals surface area contributed by atoms with Gasteiger partial charge in [-0.05, 0) is 42.9 Å². The first-order valence-corrected chi connectivity index (χ1v) is 7.23. The molecule has 4 heteroatoms. The maximum Gasteiger partial charge on any atom is 0.303 e. The van der Waals surface area contributed by atoms with Gasteiger partial charge in [-0.15, -0.1) is 0 Å². The van der Waals surface area contributed by atoms with Gasteiger partial charge in [-0.1, -0.05) is 19.1 Å². The summed E-state index contributed by atoms with van der Waals surface area (Å²) in [5, 5.41) is 8.90. The normalized spacial score (nSPS) is 16.1. The Morgan fingerprint density at radius 3 is 2.30 bits per heavy atom. The van der Waals surface area contributed by atoms with Crippen molar-refractivity contribution in [3.05, 3.63) is 35.4 Å². The monoisotopic (exact) mass is 275 g/mol. The predicted octanol–water partition coefficient (Wildman–Crippen LogP) is 2.89. The number of nitrogens with zero attached hydrogens (tertiary/aromatic N) is 1. The molecule has 1 aliphatic heterocycles. The average Bonchev–Trinajstić information content (AvgIpc) is 2.98. The van der Waals surface area contributed by atoms with Gasteiger partial charge < -0.3 is 10.0 Å². The van der Waals surface area contributed by atoms with Crippen LogP contribution in [0, 0.1) is 0 Å². The standard InChI is InChI=1S/C16H21NO3/c1-2-12(11-15(18)19)13-5-7-14(8-6-13)16(20)17-9-3-4-10-17/h5-8,12H,2-4,9-11H2,1H3,(H,18,19). The number of benzene rings is 1. The lowest BCUT2D eigenvalue weighted by atomic mass is 9.92. The largest absolute Gasteiger partial charge is 0.481 e. The Bertz CT molecular complexity index is 475. The van der Waals surface area contributed by atoms with E-state index in [9.17, 15) is 9.59 Å². The van der Waals surface area contributed by atoms with Gasteiger partial charge in [0.25, 0.3) is 5.91 Å². The first-order valence-electron chi connectivity index (χ1n) is 7.23. The van der Waals surface area contributed by atoms with E-state index in [1.54, 1.807) is 0 Å². The average molecular weight is 275 g/mol. The second-order valence-electron chi connectivity index (χ2n) is 5.32. The Morgan fingerprint density at radius 2 is 1.80 bits per heavy atom. The third-order valence-electron chi connectivity index (χ3n) is 3.94. The summed E-state index contributed by atoms with van der Waals surface area (Å²) >= 11 is 0. The van der Waals surface area contributed by atoms with Crippen molar-refractivity contribution in [1.82, 2.24) is 4.90 Å². The van der Waals surface area contributed by atoms with Crippen molar-refractivity contribution in [2.75, 3.05) is 13.1 Å². The quantitative estimate of drug-likeness (QED) is 0.899. The van der Waals surface area contributed by atoms with Crippen LogP contribution in [0.25, 0.3) is 0 Å². The van der Waals surface area contributed by atoms with E-state index in [0.717, 1.165) is 37.9 Å². The highest BCUT2D eigenvalue weighted by Gasteiger charge is 2.20. The molecule has 0 aliphatic carbocycles. The fourth-order valence-electron chi connectivity index (χ4n) is 2.71. The molecule has 1 aromatic rings. The van der Waals surface area contributed by atoms with Crippen LogP contribution in [0.2, 0.25) is 0 Å². The van der Waals surface area contributed by atoms with Crippen molar-refractivity contribution >= 4 is 11.9 Å². The van der Waals surface area contributed by atoms with Crippen LogP contribution in [0.15, 0.2) is 24.3 Å². The number of carbonyl (C=O) groups is 2. The molecule has 2 rings (SSSR count). The predicted molar refractivity (Wildman–Crippen MR) is 76.9 cm³/mol. The number of carboxylic acids is 1. The summed E-state index contributed by atoms with van der Waals surface area (Å²) in [4.78, 5) is 24.9. The second kappa shape index (κ2) is 6.55. The number of aliphatic carboxylic acids is 1. The lowest BCUT2D eigenvalue weighted by Gasteiger charge is -2.17. The Labute approximate surface area is 119 Å². The van der Waals surface area contributed by atoms with Crippen molar-refractivity contribution in [2.24, 2.45) is 0 Å². The van der Waals surface area contributed by atoms with Gasteiger partial charge in [-0.2, -0.15) is 0 Å². The van der Waals surface area contributed by atoms with Crippen molar-refractivity contribution in [1.29, 1.82) is 0 Å². The van der Waals surface area contributed by atoms with Gasteiger partial charge in [0.15, 0.2) is 0 Å². The molecule has 1 amide bonds. The fraction of sp³-hybridized carbons (Fsp3) is 0.500. The summed E-state index contributed by atoms with van der Waals surface area (Å²) in [5.74, 6) is -0.683. The van der Waals surface area contributed by atoms with Crippen LogP contribution in [0.5, 0.6) is 0 Å². The lowest BCUT2D eigenvalue weighted by molar-refractivity contribution is -0.137. The summed E-state index contributed by atoms with van der Waals surface area (Å²) in [5.41, 5.74) is 1.69. The lowest BCUT2D eigenvalue weighted by Crippen LogP contribution is -2.27. The molecule has 1 unspecified atom stereocenters. The zero-order chi connectivity index (χ0) is 14.5. The molecule has 0 bridgehead atoms. The maximum absolute atomic E-state index is 12.2. The maximum atomic E-state index is 12.2. The van der Waals surface area contributed by atoms with Gasteiger partial charge in [0.05, 0.1) is 6.42 Å². The summed E-state index contributed by atoms with van der Waals surface area (Å²) < 4.78 is 0. The number of amides is 1. The molecule has 20 heavy (non-hydrogen) atoms. The highest BCUT2D eigenvalue weighted by molar-refractivity contribution is 5.94. The van der Waals surface area contributed by atoms with Crippen LogP contribution < -0.4 is 0 Å². The summed E-state index contributed by atoms with van der Waals surface area (Å²) in [6, 6.07) is 7.42. The van der Waals surface area contributed by atoms with Crippen molar-refractivity contribution < 1.29 is 14.7 Å². The molecular weight excluding hydrogens is 254 g/mol. The van der Waals surface area contributed by atoms with Gasteiger partial charge in [-0.25, -0.2) is 0 Å². The molecule has 0 spiro atoms. The molecule has 1 aromatic carbocycles. The Hall–Kier alpha value is -1.84. The zero-order valence-corrected chi connectivity index (χ0v) is 11.8. The third-order valence-corrected chi connectivity index (χ3v) is 3.94. The number of hydrogen-bond donors (Lipinski definition) is 1. The van der Waals surface area contributed by atoms with E-state index < -0.39 is 5.97 Å². The molecule has 1 fully saturated rings. The van der Waals surface area contributed by atoms with Crippen LogP contribution in [0.4, 0.5) is 0 Å². The SMILES string of the molecule is CCC(CC(=O)O)c1ccc(C(=O)N2CCCC2)cc1. The van der Waals surface area contributed by atoms with Crippen LogP contribution in [-0.4, -0.2) is 35.0 Å². The van der Waals surface area contributed by atoms with Gasteiger partial charge in [0, 0.05) is 18.7 Å². The van der Waals surface area contributed by atoms with E-state index in [2.05, 4.69) is 0 Å². The van der Waals surface area contributed by atoms with E-state index in [1.165, 1.54) is 0 Å². The molecule has 0 aromatic heterocycles. The molecular formula is C16H21NO3. The minimum atomic E-state index is -0.783.